The number of rotatable bonds is 6. The summed E-state index contributed by atoms with van der Waals surface area (Å²) in [5.74, 6) is 0.853. The smallest absolute Gasteiger partial charge is 0.223 e. The monoisotopic (exact) mass is 432 g/mol. The van der Waals surface area contributed by atoms with Gasteiger partial charge in [-0.25, -0.2) is 4.99 Å². The summed E-state index contributed by atoms with van der Waals surface area (Å²) in [4.78, 5) is 17.7. The molecule has 2 N–H and O–H groups in total. The van der Waals surface area contributed by atoms with Gasteiger partial charge in [-0.3, -0.25) is 4.79 Å². The molecule has 1 aromatic rings. The van der Waals surface area contributed by atoms with Crippen molar-refractivity contribution in [1.82, 2.24) is 15.5 Å². The standard InChI is InChI=1S/C17H28N4O.HI/c1-6-18-17(19-10-9-16(22)21(4)5)20-12-15-8-7-13(2)11-14(15)3;/h7-8,11H,6,9-10,12H2,1-5H3,(H2,18,19,20);1H. The molecule has 1 rings (SSSR count). The Bertz CT molecular complexity index is 529. The Morgan fingerprint density at radius 2 is 1.91 bits per heavy atom. The van der Waals surface area contributed by atoms with Gasteiger partial charge in [0, 0.05) is 33.6 Å². The fraction of sp³-hybridized carbons (Fsp3) is 0.529. The molecule has 0 fully saturated rings. The van der Waals surface area contributed by atoms with Crippen LogP contribution in [0.4, 0.5) is 0 Å². The summed E-state index contributed by atoms with van der Waals surface area (Å²) >= 11 is 0. The lowest BCUT2D eigenvalue weighted by Crippen LogP contribution is -2.39. The van der Waals surface area contributed by atoms with Gasteiger partial charge in [-0.05, 0) is 31.9 Å². The zero-order chi connectivity index (χ0) is 16.5. The van der Waals surface area contributed by atoms with E-state index >= 15 is 0 Å². The first-order valence-electron chi connectivity index (χ1n) is 7.72. The van der Waals surface area contributed by atoms with Crippen LogP contribution in [0.5, 0.6) is 0 Å². The summed E-state index contributed by atoms with van der Waals surface area (Å²) in [5, 5.41) is 6.40. The maximum absolute atomic E-state index is 11.6. The molecule has 0 aliphatic rings. The minimum absolute atomic E-state index is 0. The fourth-order valence-corrected chi connectivity index (χ4v) is 2.04. The molecule has 0 aliphatic carbocycles. The number of guanidine groups is 1. The minimum atomic E-state index is 0. The number of aryl methyl sites for hydroxylation is 2. The molecule has 0 spiro atoms. The van der Waals surface area contributed by atoms with Gasteiger partial charge in [-0.15, -0.1) is 24.0 Å². The Balaban J connectivity index is 0.00000484. The molecule has 0 saturated carbocycles. The molecule has 5 nitrogen and oxygen atoms in total. The predicted octanol–water partition coefficient (Wildman–Crippen LogP) is 2.45. The molecule has 0 aromatic heterocycles. The first kappa shape index (κ1) is 21.7. The van der Waals surface area contributed by atoms with Crippen LogP contribution in [0.3, 0.4) is 0 Å². The SMILES string of the molecule is CCNC(=NCc1ccc(C)cc1C)NCCC(=O)N(C)C.I. The average molecular weight is 432 g/mol. The van der Waals surface area contributed by atoms with E-state index in [9.17, 15) is 4.79 Å². The van der Waals surface area contributed by atoms with Gasteiger partial charge in [0.15, 0.2) is 5.96 Å². The van der Waals surface area contributed by atoms with Crippen molar-refractivity contribution in [2.75, 3.05) is 27.2 Å². The Kier molecular flexibility index (Phi) is 10.6. The molecule has 0 bridgehead atoms. The quantitative estimate of drug-likeness (QED) is 0.413. The highest BCUT2D eigenvalue weighted by atomic mass is 127. The van der Waals surface area contributed by atoms with E-state index < -0.39 is 0 Å². The predicted molar refractivity (Wildman–Crippen MR) is 107 cm³/mol. The molecule has 0 saturated heterocycles. The summed E-state index contributed by atoms with van der Waals surface area (Å²) in [6, 6.07) is 6.39. The third-order valence-corrected chi connectivity index (χ3v) is 3.38. The second-order valence-electron chi connectivity index (χ2n) is 5.59. The van der Waals surface area contributed by atoms with E-state index in [1.54, 1.807) is 19.0 Å². The van der Waals surface area contributed by atoms with Gasteiger partial charge in [-0.1, -0.05) is 23.8 Å². The number of benzene rings is 1. The third kappa shape index (κ3) is 8.20. The van der Waals surface area contributed by atoms with E-state index in [1.165, 1.54) is 16.7 Å². The highest BCUT2D eigenvalue weighted by molar-refractivity contribution is 14.0. The number of amides is 1. The second-order valence-corrected chi connectivity index (χ2v) is 5.59. The van der Waals surface area contributed by atoms with Crippen molar-refractivity contribution < 1.29 is 4.79 Å². The van der Waals surface area contributed by atoms with Crippen LogP contribution in [0.2, 0.25) is 0 Å². The third-order valence-electron chi connectivity index (χ3n) is 3.38. The van der Waals surface area contributed by atoms with Gasteiger partial charge in [0.25, 0.3) is 0 Å². The van der Waals surface area contributed by atoms with E-state index in [-0.39, 0.29) is 29.9 Å². The Labute approximate surface area is 157 Å². The van der Waals surface area contributed by atoms with Crippen LogP contribution in [0, 0.1) is 13.8 Å². The number of hydrogen-bond donors (Lipinski definition) is 2. The van der Waals surface area contributed by atoms with Crippen LogP contribution >= 0.6 is 24.0 Å². The molecule has 6 heteroatoms. The van der Waals surface area contributed by atoms with Crippen LogP contribution in [0.1, 0.15) is 30.0 Å². The number of carbonyl (C=O) groups excluding carboxylic acids is 1. The first-order valence-corrected chi connectivity index (χ1v) is 7.72. The van der Waals surface area contributed by atoms with Gasteiger partial charge in [0.05, 0.1) is 6.54 Å². The van der Waals surface area contributed by atoms with Crippen molar-refractivity contribution >= 4 is 35.8 Å². The number of halogens is 1. The number of aliphatic imine (C=N–C) groups is 1. The highest BCUT2D eigenvalue weighted by Gasteiger charge is 2.04. The van der Waals surface area contributed by atoms with Crippen LogP contribution in [-0.2, 0) is 11.3 Å². The molecule has 1 amide bonds. The van der Waals surface area contributed by atoms with Crippen molar-refractivity contribution in [3.8, 4) is 0 Å². The Morgan fingerprint density at radius 3 is 2.48 bits per heavy atom. The molecule has 0 aliphatic heterocycles. The van der Waals surface area contributed by atoms with Crippen molar-refractivity contribution in [2.24, 2.45) is 4.99 Å². The molecule has 0 heterocycles. The van der Waals surface area contributed by atoms with E-state index in [1.807, 2.05) is 6.92 Å². The molecule has 0 atom stereocenters. The number of nitrogens with one attached hydrogen (secondary N) is 2. The van der Waals surface area contributed by atoms with Crippen LogP contribution in [0.25, 0.3) is 0 Å². The normalized spacial score (nSPS) is 10.7. The Morgan fingerprint density at radius 1 is 1.22 bits per heavy atom. The second kappa shape index (κ2) is 11.3. The van der Waals surface area contributed by atoms with E-state index in [0.717, 1.165) is 12.5 Å². The van der Waals surface area contributed by atoms with Crippen molar-refractivity contribution in [3.05, 3.63) is 34.9 Å². The molecular formula is C17H29IN4O. The highest BCUT2D eigenvalue weighted by Crippen LogP contribution is 2.11. The average Bonchev–Trinajstić information content (AvgIpc) is 2.45. The van der Waals surface area contributed by atoms with E-state index in [0.29, 0.717) is 19.5 Å². The largest absolute Gasteiger partial charge is 0.357 e. The zero-order valence-electron chi connectivity index (χ0n) is 14.8. The van der Waals surface area contributed by atoms with Crippen LogP contribution < -0.4 is 10.6 Å². The zero-order valence-corrected chi connectivity index (χ0v) is 17.1. The van der Waals surface area contributed by atoms with Gasteiger partial charge in [0.1, 0.15) is 0 Å². The molecule has 0 radical (unpaired) electrons. The van der Waals surface area contributed by atoms with Crippen molar-refractivity contribution in [1.29, 1.82) is 0 Å². The number of carbonyl (C=O) groups is 1. The summed E-state index contributed by atoms with van der Waals surface area (Å²) < 4.78 is 0. The minimum Gasteiger partial charge on any atom is -0.357 e. The van der Waals surface area contributed by atoms with E-state index in [2.05, 4.69) is 47.7 Å². The maximum Gasteiger partial charge on any atom is 0.223 e. The molecular weight excluding hydrogens is 403 g/mol. The van der Waals surface area contributed by atoms with Gasteiger partial charge >= 0.3 is 0 Å². The fourth-order valence-electron chi connectivity index (χ4n) is 2.04. The Hall–Kier alpha value is -1.31. The molecule has 130 valence electrons. The summed E-state index contributed by atoms with van der Waals surface area (Å²) in [5.41, 5.74) is 3.73. The van der Waals surface area contributed by atoms with E-state index in [4.69, 9.17) is 0 Å². The lowest BCUT2D eigenvalue weighted by Gasteiger charge is -2.13. The molecule has 0 unspecified atom stereocenters. The van der Waals surface area contributed by atoms with Gasteiger partial charge in [-0.2, -0.15) is 0 Å². The number of hydrogen-bond acceptors (Lipinski definition) is 2. The summed E-state index contributed by atoms with van der Waals surface area (Å²) in [7, 11) is 3.53. The topological polar surface area (TPSA) is 56.7 Å². The lowest BCUT2D eigenvalue weighted by atomic mass is 10.1. The van der Waals surface area contributed by atoms with Gasteiger partial charge in [0.2, 0.25) is 5.91 Å². The van der Waals surface area contributed by atoms with Crippen molar-refractivity contribution in [2.45, 2.75) is 33.7 Å². The van der Waals surface area contributed by atoms with Crippen molar-refractivity contribution in [3.63, 3.8) is 0 Å². The molecule has 23 heavy (non-hydrogen) atoms. The first-order chi connectivity index (χ1) is 10.4. The maximum atomic E-state index is 11.6. The lowest BCUT2D eigenvalue weighted by molar-refractivity contribution is -0.128. The number of nitrogens with zero attached hydrogens (tertiary/aromatic N) is 2. The summed E-state index contributed by atoms with van der Waals surface area (Å²) in [6.45, 7) is 8.22. The molecule has 1 aromatic carbocycles. The van der Waals surface area contributed by atoms with Crippen LogP contribution in [-0.4, -0.2) is 44.0 Å². The van der Waals surface area contributed by atoms with Gasteiger partial charge < -0.3 is 15.5 Å². The van der Waals surface area contributed by atoms with Crippen LogP contribution in [0.15, 0.2) is 23.2 Å². The summed E-state index contributed by atoms with van der Waals surface area (Å²) in [6.07, 6.45) is 0.459.